The second-order valence-corrected chi connectivity index (χ2v) is 6.22. The van der Waals surface area contributed by atoms with Gasteiger partial charge in [-0.2, -0.15) is 0 Å². The van der Waals surface area contributed by atoms with Crippen LogP contribution < -0.4 is 10.1 Å². The average molecular weight is 351 g/mol. The van der Waals surface area contributed by atoms with Crippen molar-refractivity contribution in [3.8, 4) is 17.0 Å². The lowest BCUT2D eigenvalue weighted by Gasteiger charge is -2.05. The summed E-state index contributed by atoms with van der Waals surface area (Å²) in [5, 5.41) is 7.20. The Morgan fingerprint density at radius 2 is 2.00 bits per heavy atom. The number of aromatic nitrogens is 1. The molecule has 0 radical (unpaired) electrons. The fraction of sp³-hybridized carbons (Fsp3) is 0.0625. The quantitative estimate of drug-likeness (QED) is 0.638. The number of hydrogen-bond donors (Lipinski definition) is 1. The van der Waals surface area contributed by atoms with Gasteiger partial charge in [0.2, 0.25) is 0 Å². The van der Waals surface area contributed by atoms with E-state index in [1.807, 2.05) is 35.7 Å². The molecule has 0 amide bonds. The van der Waals surface area contributed by atoms with Gasteiger partial charge in [-0.15, -0.1) is 11.3 Å². The van der Waals surface area contributed by atoms with E-state index in [0.29, 0.717) is 10.0 Å². The fourth-order valence-corrected chi connectivity index (χ4v) is 3.21. The van der Waals surface area contributed by atoms with Crippen molar-refractivity contribution >= 4 is 45.4 Å². The number of nitrogens with one attached hydrogen (secondary N) is 1. The maximum Gasteiger partial charge on any atom is 0.187 e. The van der Waals surface area contributed by atoms with Crippen LogP contribution in [0.1, 0.15) is 0 Å². The van der Waals surface area contributed by atoms with Gasteiger partial charge in [0.05, 0.1) is 17.8 Å². The number of methoxy groups -OCH3 is 1. The maximum absolute atomic E-state index is 6.22. The molecule has 3 nitrogen and oxygen atoms in total. The Morgan fingerprint density at radius 3 is 2.77 bits per heavy atom. The molecule has 0 bridgehead atoms. The Balaban J connectivity index is 1.84. The zero-order chi connectivity index (χ0) is 15.5. The molecule has 0 saturated carbocycles. The molecule has 112 valence electrons. The first kappa shape index (κ1) is 15.2. The topological polar surface area (TPSA) is 34.1 Å². The van der Waals surface area contributed by atoms with Crippen molar-refractivity contribution < 1.29 is 4.74 Å². The molecule has 2 aromatic carbocycles. The van der Waals surface area contributed by atoms with E-state index in [1.54, 1.807) is 19.2 Å². The Hall–Kier alpha value is -1.75. The van der Waals surface area contributed by atoms with Crippen molar-refractivity contribution in [2.45, 2.75) is 0 Å². The highest BCUT2D eigenvalue weighted by atomic mass is 35.5. The minimum Gasteiger partial charge on any atom is -0.497 e. The van der Waals surface area contributed by atoms with Crippen molar-refractivity contribution in [2.75, 3.05) is 12.4 Å². The second kappa shape index (κ2) is 6.57. The van der Waals surface area contributed by atoms with E-state index in [1.165, 1.54) is 11.3 Å². The number of anilines is 2. The van der Waals surface area contributed by atoms with Crippen LogP contribution in [-0.2, 0) is 0 Å². The van der Waals surface area contributed by atoms with E-state index < -0.39 is 0 Å². The SMILES string of the molecule is COc1cccc(Nc2nc(-c3ccc(Cl)cc3Cl)cs2)c1. The molecule has 6 heteroatoms. The number of hydrogen-bond acceptors (Lipinski definition) is 4. The lowest BCUT2D eigenvalue weighted by atomic mass is 10.2. The number of nitrogens with zero attached hydrogens (tertiary/aromatic N) is 1. The number of halogens is 2. The minimum absolute atomic E-state index is 0.589. The van der Waals surface area contributed by atoms with Gasteiger partial charge in [0.25, 0.3) is 0 Å². The molecule has 3 rings (SSSR count). The lowest BCUT2D eigenvalue weighted by Crippen LogP contribution is -1.91. The van der Waals surface area contributed by atoms with Crippen molar-refractivity contribution in [3.05, 3.63) is 57.9 Å². The zero-order valence-electron chi connectivity index (χ0n) is 11.6. The number of ether oxygens (including phenoxy) is 1. The number of rotatable bonds is 4. The van der Waals surface area contributed by atoms with Crippen molar-refractivity contribution in [2.24, 2.45) is 0 Å². The highest BCUT2D eigenvalue weighted by molar-refractivity contribution is 7.14. The van der Waals surface area contributed by atoms with Gasteiger partial charge in [0.1, 0.15) is 5.75 Å². The summed E-state index contributed by atoms with van der Waals surface area (Å²) in [6.07, 6.45) is 0. The van der Waals surface area contributed by atoms with Crippen LogP contribution in [0.3, 0.4) is 0 Å². The molecule has 1 heterocycles. The third kappa shape index (κ3) is 3.35. The Labute approximate surface area is 142 Å². The standard InChI is InChI=1S/C16H12Cl2N2OS/c1-21-12-4-2-3-11(8-12)19-16-20-15(9-22-16)13-6-5-10(17)7-14(13)18/h2-9H,1H3,(H,19,20). The van der Waals surface area contributed by atoms with Gasteiger partial charge in [0, 0.05) is 27.7 Å². The van der Waals surface area contributed by atoms with Gasteiger partial charge in [0.15, 0.2) is 5.13 Å². The molecule has 0 spiro atoms. The van der Waals surface area contributed by atoms with Gasteiger partial charge in [-0.1, -0.05) is 29.3 Å². The maximum atomic E-state index is 6.22. The molecule has 0 aliphatic carbocycles. The van der Waals surface area contributed by atoms with E-state index >= 15 is 0 Å². The van der Waals surface area contributed by atoms with Crippen LogP contribution in [-0.4, -0.2) is 12.1 Å². The molecule has 0 atom stereocenters. The lowest BCUT2D eigenvalue weighted by molar-refractivity contribution is 0.415. The largest absolute Gasteiger partial charge is 0.497 e. The molecule has 1 N–H and O–H groups in total. The molecule has 0 fully saturated rings. The van der Waals surface area contributed by atoms with Gasteiger partial charge in [-0.3, -0.25) is 0 Å². The number of benzene rings is 2. The van der Waals surface area contributed by atoms with Crippen LogP contribution in [0.15, 0.2) is 47.8 Å². The van der Waals surface area contributed by atoms with Gasteiger partial charge >= 0.3 is 0 Å². The van der Waals surface area contributed by atoms with Crippen molar-refractivity contribution in [1.82, 2.24) is 4.98 Å². The predicted molar refractivity (Wildman–Crippen MR) is 93.8 cm³/mol. The molecule has 1 aromatic heterocycles. The molecular formula is C16H12Cl2N2OS. The van der Waals surface area contributed by atoms with Crippen LogP contribution in [0, 0.1) is 0 Å². The van der Waals surface area contributed by atoms with E-state index in [9.17, 15) is 0 Å². The van der Waals surface area contributed by atoms with Crippen LogP contribution in [0.5, 0.6) is 5.75 Å². The Kier molecular flexibility index (Phi) is 4.52. The summed E-state index contributed by atoms with van der Waals surface area (Å²) in [5.74, 6) is 0.794. The first-order valence-electron chi connectivity index (χ1n) is 6.48. The second-order valence-electron chi connectivity index (χ2n) is 4.52. The summed E-state index contributed by atoms with van der Waals surface area (Å²) >= 11 is 13.6. The fourth-order valence-electron chi connectivity index (χ4n) is 1.98. The molecular weight excluding hydrogens is 339 g/mol. The van der Waals surface area contributed by atoms with Crippen LogP contribution in [0.4, 0.5) is 10.8 Å². The van der Waals surface area contributed by atoms with Crippen LogP contribution in [0.25, 0.3) is 11.3 Å². The average Bonchev–Trinajstić information content (AvgIpc) is 2.95. The highest BCUT2D eigenvalue weighted by Crippen LogP contribution is 2.33. The summed E-state index contributed by atoms with van der Waals surface area (Å²) in [6, 6.07) is 13.1. The van der Waals surface area contributed by atoms with E-state index in [4.69, 9.17) is 27.9 Å². The zero-order valence-corrected chi connectivity index (χ0v) is 14.0. The third-order valence-corrected chi connectivity index (χ3v) is 4.34. The highest BCUT2D eigenvalue weighted by Gasteiger charge is 2.09. The van der Waals surface area contributed by atoms with Crippen LogP contribution in [0.2, 0.25) is 10.0 Å². The van der Waals surface area contributed by atoms with Gasteiger partial charge in [-0.25, -0.2) is 4.98 Å². The van der Waals surface area contributed by atoms with E-state index in [-0.39, 0.29) is 0 Å². The Morgan fingerprint density at radius 1 is 1.14 bits per heavy atom. The van der Waals surface area contributed by atoms with Gasteiger partial charge in [-0.05, 0) is 30.3 Å². The van der Waals surface area contributed by atoms with E-state index in [2.05, 4.69) is 10.3 Å². The minimum atomic E-state index is 0.589. The third-order valence-electron chi connectivity index (χ3n) is 3.03. The van der Waals surface area contributed by atoms with Crippen molar-refractivity contribution in [3.63, 3.8) is 0 Å². The molecule has 0 saturated heterocycles. The van der Waals surface area contributed by atoms with Gasteiger partial charge < -0.3 is 10.1 Å². The van der Waals surface area contributed by atoms with E-state index in [0.717, 1.165) is 27.8 Å². The monoisotopic (exact) mass is 350 g/mol. The predicted octanol–water partition coefficient (Wildman–Crippen LogP) is 5.87. The molecule has 0 aliphatic rings. The molecule has 22 heavy (non-hydrogen) atoms. The first-order chi connectivity index (χ1) is 10.7. The summed E-state index contributed by atoms with van der Waals surface area (Å²) in [6.45, 7) is 0. The summed E-state index contributed by atoms with van der Waals surface area (Å²) in [7, 11) is 1.64. The first-order valence-corrected chi connectivity index (χ1v) is 8.11. The molecule has 3 aromatic rings. The molecule has 0 unspecified atom stereocenters. The molecule has 0 aliphatic heterocycles. The smallest absolute Gasteiger partial charge is 0.187 e. The normalized spacial score (nSPS) is 10.5. The van der Waals surface area contributed by atoms with Crippen LogP contribution >= 0.6 is 34.5 Å². The summed E-state index contributed by atoms with van der Waals surface area (Å²) in [5.41, 5.74) is 2.60. The summed E-state index contributed by atoms with van der Waals surface area (Å²) < 4.78 is 5.21. The summed E-state index contributed by atoms with van der Waals surface area (Å²) in [4.78, 5) is 4.56. The number of thiazole rings is 1. The Bertz CT molecular complexity index is 804. The van der Waals surface area contributed by atoms with Crippen molar-refractivity contribution in [1.29, 1.82) is 0 Å².